The summed E-state index contributed by atoms with van der Waals surface area (Å²) in [6, 6.07) is 19.6. The summed E-state index contributed by atoms with van der Waals surface area (Å²) < 4.78 is 19.7. The lowest BCUT2D eigenvalue weighted by Crippen LogP contribution is -2.14. The summed E-state index contributed by atoms with van der Waals surface area (Å²) in [5.74, 6) is -1.95. The lowest BCUT2D eigenvalue weighted by molar-refractivity contribution is 0.0698. The first kappa shape index (κ1) is 24.7. The van der Waals surface area contributed by atoms with Gasteiger partial charge in [-0.2, -0.15) is 0 Å². The average molecular weight is 530 g/mol. The molecule has 0 radical (unpaired) electrons. The fraction of sp³-hybridized carbons (Fsp3) is 0.0769. The predicted octanol–water partition coefficient (Wildman–Crippen LogP) is 7.31. The third-order valence-electron chi connectivity index (χ3n) is 5.11. The van der Waals surface area contributed by atoms with E-state index in [9.17, 15) is 19.1 Å². The smallest absolute Gasteiger partial charge is 0.338 e. The van der Waals surface area contributed by atoms with E-state index in [0.29, 0.717) is 27.8 Å². The maximum atomic E-state index is 13.9. The van der Waals surface area contributed by atoms with Gasteiger partial charge in [-0.1, -0.05) is 53.5 Å². The van der Waals surface area contributed by atoms with Crippen molar-refractivity contribution >= 4 is 51.4 Å². The monoisotopic (exact) mass is 529 g/mol. The van der Waals surface area contributed by atoms with Crippen LogP contribution in [0.4, 0.5) is 9.39 Å². The van der Waals surface area contributed by atoms with Gasteiger partial charge in [0, 0.05) is 26.9 Å². The maximum absolute atomic E-state index is 13.9. The number of thiophene rings is 1. The van der Waals surface area contributed by atoms with Crippen LogP contribution in [0.5, 0.6) is 5.75 Å². The molecule has 35 heavy (non-hydrogen) atoms. The van der Waals surface area contributed by atoms with Crippen LogP contribution in [0, 0.1) is 5.82 Å². The Kier molecular flexibility index (Phi) is 7.70. The van der Waals surface area contributed by atoms with Crippen LogP contribution in [0.3, 0.4) is 0 Å². The summed E-state index contributed by atoms with van der Waals surface area (Å²) in [4.78, 5) is 24.9. The highest BCUT2D eigenvalue weighted by molar-refractivity contribution is 7.16. The van der Waals surface area contributed by atoms with Gasteiger partial charge in [-0.15, -0.1) is 11.3 Å². The second-order valence-electron chi connectivity index (χ2n) is 7.50. The zero-order valence-corrected chi connectivity index (χ0v) is 20.4. The summed E-state index contributed by atoms with van der Waals surface area (Å²) in [5.41, 5.74) is 1.40. The number of halogens is 3. The minimum Gasteiger partial charge on any atom is -0.489 e. The molecule has 4 aromatic rings. The standard InChI is InChI=1S/C26H18Cl2FNO4S/c27-21-5-3-6-22(28)20(21)14-34-16-10-8-15(9-11-16)12-17-13-19(26(32)33)25(35-17)30-24(31)18-4-1-2-7-23(18)29/h1-11,13H,12,14H2,(H,30,31)(H,32,33). The highest BCUT2D eigenvalue weighted by Gasteiger charge is 2.19. The molecule has 1 amide bonds. The molecule has 0 saturated carbocycles. The summed E-state index contributed by atoms with van der Waals surface area (Å²) >= 11 is 13.5. The van der Waals surface area contributed by atoms with Crippen LogP contribution in [0.15, 0.2) is 72.8 Å². The van der Waals surface area contributed by atoms with E-state index < -0.39 is 17.7 Å². The molecule has 9 heteroatoms. The van der Waals surface area contributed by atoms with E-state index in [2.05, 4.69) is 5.32 Å². The molecule has 0 aliphatic carbocycles. The Morgan fingerprint density at radius 3 is 2.29 bits per heavy atom. The number of carboxylic acids is 1. The van der Waals surface area contributed by atoms with Crippen LogP contribution in [0.25, 0.3) is 0 Å². The number of aromatic carboxylic acids is 1. The van der Waals surface area contributed by atoms with E-state index in [-0.39, 0.29) is 22.7 Å². The molecule has 0 bridgehead atoms. The van der Waals surface area contributed by atoms with Crippen LogP contribution < -0.4 is 10.1 Å². The van der Waals surface area contributed by atoms with Gasteiger partial charge in [-0.05, 0) is 48.0 Å². The third-order valence-corrected chi connectivity index (χ3v) is 6.86. The van der Waals surface area contributed by atoms with Crippen LogP contribution in [-0.4, -0.2) is 17.0 Å². The van der Waals surface area contributed by atoms with Crippen molar-refractivity contribution in [3.63, 3.8) is 0 Å². The Hall–Kier alpha value is -3.39. The first-order valence-electron chi connectivity index (χ1n) is 10.4. The van der Waals surface area contributed by atoms with Crippen LogP contribution in [0.1, 0.15) is 36.7 Å². The Balaban J connectivity index is 1.45. The second kappa shape index (κ2) is 10.9. The fourth-order valence-corrected chi connectivity index (χ4v) is 4.91. The quantitative estimate of drug-likeness (QED) is 0.250. The Morgan fingerprint density at radius 2 is 1.63 bits per heavy atom. The lowest BCUT2D eigenvalue weighted by atomic mass is 10.1. The summed E-state index contributed by atoms with van der Waals surface area (Å²) in [5, 5.41) is 13.3. The molecule has 0 atom stereocenters. The van der Waals surface area contributed by atoms with E-state index in [0.717, 1.165) is 21.8 Å². The minimum atomic E-state index is -1.18. The number of hydrogen-bond donors (Lipinski definition) is 2. The van der Waals surface area contributed by atoms with Gasteiger partial charge in [0.05, 0.1) is 11.1 Å². The van der Waals surface area contributed by atoms with Crippen molar-refractivity contribution in [1.29, 1.82) is 0 Å². The van der Waals surface area contributed by atoms with Gasteiger partial charge in [0.1, 0.15) is 23.2 Å². The highest BCUT2D eigenvalue weighted by atomic mass is 35.5. The van der Waals surface area contributed by atoms with Gasteiger partial charge >= 0.3 is 5.97 Å². The van der Waals surface area contributed by atoms with Crippen molar-refractivity contribution in [2.75, 3.05) is 5.32 Å². The molecular weight excluding hydrogens is 512 g/mol. The Labute approximate surface area is 214 Å². The predicted molar refractivity (Wildman–Crippen MR) is 136 cm³/mol. The van der Waals surface area contributed by atoms with Crippen LogP contribution in [-0.2, 0) is 13.0 Å². The molecule has 5 nitrogen and oxygen atoms in total. The van der Waals surface area contributed by atoms with Crippen molar-refractivity contribution in [3.8, 4) is 5.75 Å². The number of anilines is 1. The molecular formula is C26H18Cl2FNO4S. The first-order chi connectivity index (χ1) is 16.8. The molecule has 3 aromatic carbocycles. The highest BCUT2D eigenvalue weighted by Crippen LogP contribution is 2.31. The first-order valence-corrected chi connectivity index (χ1v) is 12.0. The normalized spacial score (nSPS) is 10.7. The third kappa shape index (κ3) is 6.00. The van der Waals surface area contributed by atoms with Gasteiger partial charge in [-0.3, -0.25) is 4.79 Å². The van der Waals surface area contributed by atoms with E-state index in [1.54, 1.807) is 30.3 Å². The number of hydrogen-bond acceptors (Lipinski definition) is 4. The van der Waals surface area contributed by atoms with Gasteiger partial charge in [0.25, 0.3) is 5.91 Å². The van der Waals surface area contributed by atoms with Crippen molar-refractivity contribution in [2.24, 2.45) is 0 Å². The van der Waals surface area contributed by atoms with E-state index in [4.69, 9.17) is 27.9 Å². The van der Waals surface area contributed by atoms with Crippen LogP contribution >= 0.6 is 34.5 Å². The molecule has 0 fully saturated rings. The molecule has 0 aliphatic rings. The summed E-state index contributed by atoms with van der Waals surface area (Å²) in [6.07, 6.45) is 0.442. The van der Waals surface area contributed by atoms with Gasteiger partial charge in [0.15, 0.2) is 0 Å². The zero-order valence-electron chi connectivity index (χ0n) is 18.1. The molecule has 178 valence electrons. The van der Waals surface area contributed by atoms with E-state index in [1.165, 1.54) is 30.3 Å². The molecule has 1 heterocycles. The molecule has 0 saturated heterocycles. The topological polar surface area (TPSA) is 75.6 Å². The molecule has 4 rings (SSSR count). The summed E-state index contributed by atoms with van der Waals surface area (Å²) in [6.45, 7) is 0.218. The van der Waals surface area contributed by atoms with E-state index in [1.807, 2.05) is 12.1 Å². The maximum Gasteiger partial charge on any atom is 0.338 e. The molecule has 0 aliphatic heterocycles. The molecule has 1 aromatic heterocycles. The van der Waals surface area contributed by atoms with Crippen molar-refractivity contribution < 1.29 is 23.8 Å². The number of carbonyl (C=O) groups excluding carboxylic acids is 1. The number of amides is 1. The fourth-order valence-electron chi connectivity index (χ4n) is 3.33. The van der Waals surface area contributed by atoms with Crippen molar-refractivity contribution in [2.45, 2.75) is 13.0 Å². The second-order valence-corrected chi connectivity index (χ2v) is 9.46. The Morgan fingerprint density at radius 1 is 0.943 bits per heavy atom. The molecule has 0 unspecified atom stereocenters. The number of nitrogens with one attached hydrogen (secondary N) is 1. The van der Waals surface area contributed by atoms with Gasteiger partial charge in [0.2, 0.25) is 0 Å². The Bertz CT molecular complexity index is 1370. The number of rotatable bonds is 8. The molecule has 0 spiro atoms. The minimum absolute atomic E-state index is 0.0498. The van der Waals surface area contributed by atoms with E-state index >= 15 is 0 Å². The average Bonchev–Trinajstić information content (AvgIpc) is 3.22. The molecule has 2 N–H and O–H groups in total. The number of carboxylic acid groups (broad SMARTS) is 1. The largest absolute Gasteiger partial charge is 0.489 e. The number of ether oxygens (including phenoxy) is 1. The number of benzene rings is 3. The lowest BCUT2D eigenvalue weighted by Gasteiger charge is -2.10. The number of carbonyl (C=O) groups is 2. The van der Waals surface area contributed by atoms with Gasteiger partial charge in [-0.25, -0.2) is 9.18 Å². The van der Waals surface area contributed by atoms with Crippen molar-refractivity contribution in [3.05, 3.63) is 116 Å². The SMILES string of the molecule is O=C(Nc1sc(Cc2ccc(OCc3c(Cl)cccc3Cl)cc2)cc1C(=O)O)c1ccccc1F. The zero-order chi connectivity index (χ0) is 24.9. The summed E-state index contributed by atoms with van der Waals surface area (Å²) in [7, 11) is 0. The van der Waals surface area contributed by atoms with Crippen LogP contribution in [0.2, 0.25) is 10.0 Å². The van der Waals surface area contributed by atoms with Crippen molar-refractivity contribution in [1.82, 2.24) is 0 Å². The van der Waals surface area contributed by atoms with Gasteiger partial charge < -0.3 is 15.2 Å².